The van der Waals surface area contributed by atoms with Crippen molar-refractivity contribution in [1.82, 2.24) is 4.90 Å². The third-order valence-corrected chi connectivity index (χ3v) is 6.79. The lowest BCUT2D eigenvalue weighted by molar-refractivity contribution is 0.410. The molecule has 136 valence electrons. The maximum absolute atomic E-state index is 3.35. The molecule has 0 heterocycles. The van der Waals surface area contributed by atoms with E-state index in [1.807, 2.05) is 0 Å². The predicted octanol–water partition coefficient (Wildman–Crippen LogP) is 4.78. The molecule has 0 saturated carbocycles. The second kappa shape index (κ2) is 12.0. The fourth-order valence-electron chi connectivity index (χ4n) is 2.55. The number of benzene rings is 3. The Kier molecular flexibility index (Phi) is 9.63. The summed E-state index contributed by atoms with van der Waals surface area (Å²) in [5, 5.41) is 5.31. The van der Waals surface area contributed by atoms with E-state index in [0.717, 1.165) is 5.33 Å². The van der Waals surface area contributed by atoms with Gasteiger partial charge >= 0.3 is 0 Å². The van der Waals surface area contributed by atoms with Crippen molar-refractivity contribution in [2.45, 2.75) is 6.42 Å². The molecule has 0 atom stereocenters. The van der Waals surface area contributed by atoms with Gasteiger partial charge in [-0.2, -0.15) is 0 Å². The number of hydrogen-bond acceptors (Lipinski definition) is 1. The van der Waals surface area contributed by atoms with Gasteiger partial charge in [-0.1, -0.05) is 107 Å². The average molecular weight is 428 g/mol. The second-order valence-electron chi connectivity index (χ2n) is 6.19. The smallest absolute Gasteiger partial charge is 0.00434 e. The molecule has 0 fully saturated rings. The highest BCUT2D eigenvalue weighted by Crippen LogP contribution is 2.32. The summed E-state index contributed by atoms with van der Waals surface area (Å²) < 4.78 is 0. The first-order valence-electron chi connectivity index (χ1n) is 8.88. The first-order valence-corrected chi connectivity index (χ1v) is 11.3. The zero-order chi connectivity index (χ0) is 18.6. The van der Waals surface area contributed by atoms with Crippen molar-refractivity contribution in [3.8, 4) is 0 Å². The largest absolute Gasteiger partial charge is 0.309 e. The molecule has 0 aliphatic rings. The Labute approximate surface area is 168 Å². The monoisotopic (exact) mass is 427 g/mol. The van der Waals surface area contributed by atoms with Crippen molar-refractivity contribution >= 4 is 39.8 Å². The minimum absolute atomic E-state index is 0.446. The lowest BCUT2D eigenvalue weighted by atomic mass is 10.4. The molecule has 0 amide bonds. The molecule has 3 aromatic rings. The van der Waals surface area contributed by atoms with Crippen LogP contribution >= 0.6 is 23.9 Å². The van der Waals surface area contributed by atoms with Gasteiger partial charge in [0, 0.05) is 5.33 Å². The molecular weight excluding hydrogens is 401 g/mol. The van der Waals surface area contributed by atoms with E-state index in [4.69, 9.17) is 0 Å². The Hall–Kier alpha value is -1.47. The predicted molar refractivity (Wildman–Crippen MR) is 122 cm³/mol. The standard InChI is InChI=1S/C18H15P.C5H12BrN/c1-4-10-16(11-5-1)19(17-12-6-2-7-13-17)18-14-8-3-9-15-18;1-7(2)5-3-4-6/h1-15H;3-5H2,1-2H3. The number of hydrogen-bond donors (Lipinski definition) is 0. The molecule has 0 aliphatic heterocycles. The summed E-state index contributed by atoms with van der Waals surface area (Å²) in [4.78, 5) is 2.18. The molecule has 0 unspecified atom stereocenters. The molecule has 3 rings (SSSR count). The van der Waals surface area contributed by atoms with E-state index in [9.17, 15) is 0 Å². The Morgan fingerprint density at radius 2 is 1.00 bits per heavy atom. The highest BCUT2D eigenvalue weighted by molar-refractivity contribution is 9.09. The highest BCUT2D eigenvalue weighted by Gasteiger charge is 2.14. The summed E-state index contributed by atoms with van der Waals surface area (Å²) >= 11 is 3.35. The molecule has 0 aromatic heterocycles. The van der Waals surface area contributed by atoms with Crippen LogP contribution in [0.5, 0.6) is 0 Å². The van der Waals surface area contributed by atoms with Crippen molar-refractivity contribution in [2.75, 3.05) is 26.0 Å². The summed E-state index contributed by atoms with van der Waals surface area (Å²) in [5.74, 6) is 0. The van der Waals surface area contributed by atoms with Gasteiger partial charge in [0.2, 0.25) is 0 Å². The van der Waals surface area contributed by atoms with Crippen LogP contribution in [0, 0.1) is 0 Å². The topological polar surface area (TPSA) is 3.24 Å². The number of halogens is 1. The lowest BCUT2D eigenvalue weighted by Gasteiger charge is -2.18. The van der Waals surface area contributed by atoms with E-state index in [0.29, 0.717) is 0 Å². The van der Waals surface area contributed by atoms with Gasteiger partial charge in [0.1, 0.15) is 0 Å². The highest BCUT2D eigenvalue weighted by atomic mass is 79.9. The summed E-state index contributed by atoms with van der Waals surface area (Å²) in [6, 6.07) is 32.3. The fourth-order valence-corrected chi connectivity index (χ4v) is 5.11. The molecule has 3 aromatic carbocycles. The third kappa shape index (κ3) is 7.03. The van der Waals surface area contributed by atoms with Crippen LogP contribution in [0.4, 0.5) is 0 Å². The van der Waals surface area contributed by atoms with Gasteiger partial charge < -0.3 is 4.90 Å². The SMILES string of the molecule is CN(C)CCCBr.c1ccc(P(c2ccccc2)c2ccccc2)cc1. The number of rotatable bonds is 6. The average Bonchev–Trinajstić information content (AvgIpc) is 2.70. The van der Waals surface area contributed by atoms with E-state index in [1.54, 1.807) is 0 Å². The van der Waals surface area contributed by atoms with Crippen LogP contribution < -0.4 is 15.9 Å². The second-order valence-corrected chi connectivity index (χ2v) is 9.20. The zero-order valence-electron chi connectivity index (χ0n) is 15.6. The van der Waals surface area contributed by atoms with Crippen molar-refractivity contribution in [1.29, 1.82) is 0 Å². The normalized spacial score (nSPS) is 10.5. The van der Waals surface area contributed by atoms with Crippen LogP contribution in [0.15, 0.2) is 91.0 Å². The van der Waals surface area contributed by atoms with E-state index in [-0.39, 0.29) is 0 Å². The van der Waals surface area contributed by atoms with Gasteiger partial charge in [-0.3, -0.25) is 0 Å². The van der Waals surface area contributed by atoms with E-state index in [2.05, 4.69) is 126 Å². The van der Waals surface area contributed by atoms with Crippen molar-refractivity contribution in [2.24, 2.45) is 0 Å². The molecule has 0 aliphatic carbocycles. The summed E-state index contributed by atoms with van der Waals surface area (Å²) in [7, 11) is 3.73. The van der Waals surface area contributed by atoms with Gasteiger partial charge in [-0.25, -0.2) is 0 Å². The van der Waals surface area contributed by atoms with Gasteiger partial charge in [0.15, 0.2) is 0 Å². The number of alkyl halides is 1. The summed E-state index contributed by atoms with van der Waals surface area (Å²) in [6.07, 6.45) is 1.24. The lowest BCUT2D eigenvalue weighted by Crippen LogP contribution is -2.20. The third-order valence-electron chi connectivity index (χ3n) is 3.78. The Morgan fingerprint density at radius 1 is 0.654 bits per heavy atom. The van der Waals surface area contributed by atoms with E-state index >= 15 is 0 Å². The van der Waals surface area contributed by atoms with Gasteiger partial charge in [0.05, 0.1) is 0 Å². The number of nitrogens with zero attached hydrogens (tertiary/aromatic N) is 1. The van der Waals surface area contributed by atoms with Crippen molar-refractivity contribution < 1.29 is 0 Å². The molecule has 0 bridgehead atoms. The molecule has 0 radical (unpaired) electrons. The van der Waals surface area contributed by atoms with Crippen molar-refractivity contribution in [3.05, 3.63) is 91.0 Å². The molecule has 26 heavy (non-hydrogen) atoms. The van der Waals surface area contributed by atoms with Crippen LogP contribution in [0.3, 0.4) is 0 Å². The molecule has 3 heteroatoms. The minimum Gasteiger partial charge on any atom is -0.309 e. The fraction of sp³-hybridized carbons (Fsp3) is 0.217. The van der Waals surface area contributed by atoms with Crippen LogP contribution in [0.25, 0.3) is 0 Å². The summed E-state index contributed by atoms with van der Waals surface area (Å²) in [6.45, 7) is 1.19. The molecule has 0 saturated heterocycles. The van der Waals surface area contributed by atoms with Crippen LogP contribution in [-0.2, 0) is 0 Å². The minimum atomic E-state index is -0.446. The van der Waals surface area contributed by atoms with Gasteiger partial charge in [-0.05, 0) is 50.9 Å². The Morgan fingerprint density at radius 3 is 1.23 bits per heavy atom. The van der Waals surface area contributed by atoms with E-state index < -0.39 is 7.92 Å². The molecule has 0 spiro atoms. The first-order chi connectivity index (χ1) is 12.7. The molecular formula is C23H27BrNP. The summed E-state index contributed by atoms with van der Waals surface area (Å²) in [5.41, 5.74) is 0. The first kappa shape index (κ1) is 20.8. The maximum atomic E-state index is 3.35. The van der Waals surface area contributed by atoms with Crippen LogP contribution in [-0.4, -0.2) is 30.9 Å². The maximum Gasteiger partial charge on any atom is 0.00434 e. The zero-order valence-corrected chi connectivity index (χ0v) is 18.0. The quantitative estimate of drug-likeness (QED) is 0.404. The molecule has 1 nitrogen and oxygen atoms in total. The Bertz CT molecular complexity index is 623. The van der Waals surface area contributed by atoms with Gasteiger partial charge in [0.25, 0.3) is 0 Å². The van der Waals surface area contributed by atoms with Crippen molar-refractivity contribution in [3.63, 3.8) is 0 Å². The molecule has 0 N–H and O–H groups in total. The van der Waals surface area contributed by atoms with Gasteiger partial charge in [-0.15, -0.1) is 0 Å². The van der Waals surface area contributed by atoms with Crippen LogP contribution in [0.1, 0.15) is 6.42 Å². The Balaban J connectivity index is 0.000000298. The van der Waals surface area contributed by atoms with E-state index in [1.165, 1.54) is 28.9 Å². The van der Waals surface area contributed by atoms with Crippen LogP contribution in [0.2, 0.25) is 0 Å².